The molecule has 1 amide bonds. The smallest absolute Gasteiger partial charge is 0.411 e. The van der Waals surface area contributed by atoms with Crippen LogP contribution in [0.1, 0.15) is 57.4 Å². The fraction of sp³-hybridized carbons (Fsp3) is 0.529. The van der Waals surface area contributed by atoms with Crippen molar-refractivity contribution in [1.29, 1.82) is 0 Å². The van der Waals surface area contributed by atoms with E-state index in [0.29, 0.717) is 0 Å². The molecule has 1 N–H and O–H groups in total. The standard InChI is InChI=1S/C17H26NO2/c1-3-4-5-6-7-8-9-10-15-11-13-16(14-12-15)18-17(19)20-2/h11-14H,2-10H2,1H3,(H,18,19). The second-order valence-electron chi connectivity index (χ2n) is 5.13. The summed E-state index contributed by atoms with van der Waals surface area (Å²) in [6, 6.07) is 7.90. The molecule has 1 rings (SSSR count). The first-order valence-electron chi connectivity index (χ1n) is 7.58. The summed E-state index contributed by atoms with van der Waals surface area (Å²) in [7, 11) is 3.06. The van der Waals surface area contributed by atoms with E-state index in [0.717, 1.165) is 12.1 Å². The van der Waals surface area contributed by atoms with Crippen LogP contribution in [0.15, 0.2) is 24.3 Å². The van der Waals surface area contributed by atoms with Crippen molar-refractivity contribution in [2.75, 3.05) is 5.32 Å². The molecule has 0 fully saturated rings. The van der Waals surface area contributed by atoms with Gasteiger partial charge in [-0.3, -0.25) is 5.32 Å². The highest BCUT2D eigenvalue weighted by molar-refractivity contribution is 5.84. The SMILES string of the molecule is [CH2]OC(=O)Nc1ccc(CCCCCCCCC)cc1. The molecule has 1 aromatic carbocycles. The largest absolute Gasteiger partial charge is 0.446 e. The molecule has 0 aliphatic heterocycles. The molecule has 0 bridgehead atoms. The van der Waals surface area contributed by atoms with Crippen LogP contribution in [0.25, 0.3) is 0 Å². The molecule has 0 unspecified atom stereocenters. The Labute approximate surface area is 122 Å². The normalized spacial score (nSPS) is 10.3. The van der Waals surface area contributed by atoms with E-state index in [-0.39, 0.29) is 0 Å². The Morgan fingerprint density at radius 2 is 1.65 bits per heavy atom. The van der Waals surface area contributed by atoms with Crippen LogP contribution < -0.4 is 5.32 Å². The number of hydrogen-bond acceptors (Lipinski definition) is 2. The third kappa shape index (κ3) is 7.17. The Morgan fingerprint density at radius 3 is 2.25 bits per heavy atom. The van der Waals surface area contributed by atoms with E-state index in [4.69, 9.17) is 0 Å². The number of benzene rings is 1. The molecule has 3 heteroatoms. The first-order valence-corrected chi connectivity index (χ1v) is 7.58. The zero-order valence-corrected chi connectivity index (χ0v) is 12.5. The summed E-state index contributed by atoms with van der Waals surface area (Å²) >= 11 is 0. The summed E-state index contributed by atoms with van der Waals surface area (Å²) in [6.45, 7) is 2.25. The van der Waals surface area contributed by atoms with Crippen LogP contribution >= 0.6 is 0 Å². The molecule has 111 valence electrons. The average molecular weight is 276 g/mol. The van der Waals surface area contributed by atoms with Gasteiger partial charge in [0, 0.05) is 5.69 Å². The number of nitrogens with one attached hydrogen (secondary N) is 1. The monoisotopic (exact) mass is 276 g/mol. The summed E-state index contributed by atoms with van der Waals surface area (Å²) in [5.74, 6) is 0. The van der Waals surface area contributed by atoms with Gasteiger partial charge in [0.05, 0.1) is 0 Å². The van der Waals surface area contributed by atoms with Crippen LogP contribution in [-0.4, -0.2) is 6.09 Å². The van der Waals surface area contributed by atoms with Crippen molar-refractivity contribution in [3.05, 3.63) is 36.9 Å². The minimum absolute atomic E-state index is 0.537. The zero-order valence-electron chi connectivity index (χ0n) is 12.5. The van der Waals surface area contributed by atoms with Gasteiger partial charge in [0.1, 0.15) is 7.11 Å². The zero-order chi connectivity index (χ0) is 14.6. The number of amides is 1. The molecule has 0 saturated carbocycles. The Balaban J connectivity index is 2.16. The molecule has 3 nitrogen and oxygen atoms in total. The maximum atomic E-state index is 11.0. The predicted octanol–water partition coefficient (Wildman–Crippen LogP) is 5.32. The first-order chi connectivity index (χ1) is 9.76. The maximum Gasteiger partial charge on any atom is 0.411 e. The fourth-order valence-electron chi connectivity index (χ4n) is 2.19. The van der Waals surface area contributed by atoms with E-state index in [2.05, 4.69) is 36.2 Å². The number of hydrogen-bond donors (Lipinski definition) is 1. The molecule has 0 spiro atoms. The van der Waals surface area contributed by atoms with Gasteiger partial charge >= 0.3 is 6.09 Å². The lowest BCUT2D eigenvalue weighted by Crippen LogP contribution is -2.09. The molecule has 0 aromatic heterocycles. The van der Waals surface area contributed by atoms with Crippen LogP contribution in [0, 0.1) is 7.11 Å². The lowest BCUT2D eigenvalue weighted by atomic mass is 10.0. The van der Waals surface area contributed by atoms with Crippen molar-refractivity contribution < 1.29 is 9.53 Å². The molecule has 1 radical (unpaired) electrons. The summed E-state index contributed by atoms with van der Waals surface area (Å²) in [4.78, 5) is 11.0. The summed E-state index contributed by atoms with van der Waals surface area (Å²) < 4.78 is 4.30. The number of rotatable bonds is 9. The number of ether oxygens (including phenoxy) is 1. The van der Waals surface area contributed by atoms with Crippen LogP contribution in [0.3, 0.4) is 0 Å². The van der Waals surface area contributed by atoms with Crippen LogP contribution in [0.4, 0.5) is 10.5 Å². The fourth-order valence-corrected chi connectivity index (χ4v) is 2.19. The van der Waals surface area contributed by atoms with E-state index in [1.54, 1.807) is 0 Å². The second kappa shape index (κ2) is 10.3. The minimum Gasteiger partial charge on any atom is -0.446 e. The van der Waals surface area contributed by atoms with Gasteiger partial charge in [-0.2, -0.15) is 0 Å². The first kappa shape index (κ1) is 16.5. The van der Waals surface area contributed by atoms with Gasteiger partial charge in [-0.1, -0.05) is 57.6 Å². The number of unbranched alkanes of at least 4 members (excludes halogenated alkanes) is 6. The number of anilines is 1. The Kier molecular flexibility index (Phi) is 8.52. The van der Waals surface area contributed by atoms with Crippen molar-refractivity contribution in [2.24, 2.45) is 0 Å². The van der Waals surface area contributed by atoms with Gasteiger partial charge < -0.3 is 4.74 Å². The van der Waals surface area contributed by atoms with Crippen molar-refractivity contribution >= 4 is 11.8 Å². The average Bonchev–Trinajstić information content (AvgIpc) is 2.48. The van der Waals surface area contributed by atoms with Crippen LogP contribution in [0.2, 0.25) is 0 Å². The van der Waals surface area contributed by atoms with E-state index in [9.17, 15) is 4.79 Å². The lowest BCUT2D eigenvalue weighted by molar-refractivity contribution is 0.199. The second-order valence-corrected chi connectivity index (χ2v) is 5.13. The third-order valence-corrected chi connectivity index (χ3v) is 3.40. The molecule has 1 aromatic rings. The summed E-state index contributed by atoms with van der Waals surface area (Å²) in [5, 5.41) is 2.59. The summed E-state index contributed by atoms with van der Waals surface area (Å²) in [6.07, 6.45) is 9.86. The number of carbonyl (C=O) groups excluding carboxylic acids is 1. The van der Waals surface area contributed by atoms with E-state index < -0.39 is 6.09 Å². The van der Waals surface area contributed by atoms with Crippen molar-refractivity contribution in [2.45, 2.75) is 58.3 Å². The number of carbonyl (C=O) groups is 1. The van der Waals surface area contributed by atoms with Crippen molar-refractivity contribution in [1.82, 2.24) is 0 Å². The van der Waals surface area contributed by atoms with Gasteiger partial charge in [-0.15, -0.1) is 0 Å². The molecular formula is C17H26NO2. The van der Waals surface area contributed by atoms with Gasteiger partial charge in [0.15, 0.2) is 0 Å². The number of aryl methyl sites for hydroxylation is 1. The third-order valence-electron chi connectivity index (χ3n) is 3.40. The summed E-state index contributed by atoms with van der Waals surface area (Å²) in [5.41, 5.74) is 2.05. The maximum absolute atomic E-state index is 11.0. The molecular weight excluding hydrogens is 250 g/mol. The molecule has 0 aliphatic rings. The molecule has 0 heterocycles. The molecule has 0 aliphatic carbocycles. The van der Waals surface area contributed by atoms with Crippen LogP contribution in [-0.2, 0) is 11.2 Å². The van der Waals surface area contributed by atoms with E-state index in [1.165, 1.54) is 50.5 Å². The molecule has 0 atom stereocenters. The van der Waals surface area contributed by atoms with E-state index in [1.807, 2.05) is 12.1 Å². The highest BCUT2D eigenvalue weighted by atomic mass is 16.5. The Morgan fingerprint density at radius 1 is 1.05 bits per heavy atom. The topological polar surface area (TPSA) is 38.3 Å². The highest BCUT2D eigenvalue weighted by Crippen LogP contribution is 2.14. The predicted molar refractivity (Wildman–Crippen MR) is 83.6 cm³/mol. The van der Waals surface area contributed by atoms with Gasteiger partial charge in [-0.05, 0) is 30.5 Å². The Bertz CT molecular complexity index is 373. The Hall–Kier alpha value is -1.51. The van der Waals surface area contributed by atoms with Gasteiger partial charge in [0.25, 0.3) is 0 Å². The highest BCUT2D eigenvalue weighted by Gasteiger charge is 2.00. The van der Waals surface area contributed by atoms with Gasteiger partial charge in [-0.25, -0.2) is 4.79 Å². The molecule has 20 heavy (non-hydrogen) atoms. The minimum atomic E-state index is -0.537. The quantitative estimate of drug-likeness (QED) is 0.620. The van der Waals surface area contributed by atoms with E-state index >= 15 is 0 Å². The molecule has 0 saturated heterocycles. The lowest BCUT2D eigenvalue weighted by Gasteiger charge is -2.05. The van der Waals surface area contributed by atoms with Crippen molar-refractivity contribution in [3.8, 4) is 0 Å². The van der Waals surface area contributed by atoms with Crippen molar-refractivity contribution in [3.63, 3.8) is 0 Å². The van der Waals surface area contributed by atoms with Gasteiger partial charge in [0.2, 0.25) is 0 Å². The van der Waals surface area contributed by atoms with Crippen LogP contribution in [0.5, 0.6) is 0 Å².